The van der Waals surface area contributed by atoms with Crippen molar-refractivity contribution in [2.75, 3.05) is 19.7 Å². The van der Waals surface area contributed by atoms with Gasteiger partial charge in [0.2, 0.25) is 0 Å². The van der Waals surface area contributed by atoms with Gasteiger partial charge in [-0.25, -0.2) is 0 Å². The van der Waals surface area contributed by atoms with Crippen LogP contribution in [-0.2, 0) is 6.54 Å². The number of ether oxygens (including phenoxy) is 1. The van der Waals surface area contributed by atoms with Crippen LogP contribution in [0.25, 0.3) is 0 Å². The second kappa shape index (κ2) is 7.16. The summed E-state index contributed by atoms with van der Waals surface area (Å²) in [6.45, 7) is 4.96. The molecule has 6 heteroatoms. The molecule has 3 nitrogen and oxygen atoms in total. The Morgan fingerprint density at radius 1 is 1.37 bits per heavy atom. The highest BCUT2D eigenvalue weighted by molar-refractivity contribution is 5.28. The van der Waals surface area contributed by atoms with Crippen molar-refractivity contribution < 1.29 is 23.0 Å². The molecule has 0 atom stereocenters. The van der Waals surface area contributed by atoms with Crippen molar-refractivity contribution in [3.05, 3.63) is 42.5 Å². The van der Waals surface area contributed by atoms with Crippen molar-refractivity contribution in [1.29, 1.82) is 0 Å². The van der Waals surface area contributed by atoms with Crippen molar-refractivity contribution in [2.45, 2.75) is 12.9 Å². The highest BCUT2D eigenvalue weighted by atomic mass is 19.4. The second-order valence-corrected chi connectivity index (χ2v) is 3.94. The van der Waals surface area contributed by atoms with E-state index in [0.717, 1.165) is 0 Å². The topological polar surface area (TPSA) is 32.7 Å². The smallest absolute Gasteiger partial charge is 0.406 e. The molecule has 0 aliphatic heterocycles. The third-order valence-corrected chi connectivity index (χ3v) is 2.34. The Balaban J connectivity index is 2.72. The maximum atomic E-state index is 12.1. The molecule has 0 radical (unpaired) electrons. The zero-order chi connectivity index (χ0) is 14.3. The number of aliphatic hydroxyl groups is 1. The van der Waals surface area contributed by atoms with Crippen LogP contribution in [0.4, 0.5) is 13.2 Å². The first-order chi connectivity index (χ1) is 8.94. The van der Waals surface area contributed by atoms with Crippen LogP contribution in [0, 0.1) is 0 Å². The van der Waals surface area contributed by atoms with E-state index >= 15 is 0 Å². The van der Waals surface area contributed by atoms with Crippen molar-refractivity contribution in [3.63, 3.8) is 0 Å². The molecule has 0 aliphatic carbocycles. The molecule has 19 heavy (non-hydrogen) atoms. The summed E-state index contributed by atoms with van der Waals surface area (Å²) < 4.78 is 40.2. The van der Waals surface area contributed by atoms with Crippen LogP contribution in [0.15, 0.2) is 36.9 Å². The Hall–Kier alpha value is -1.53. The SMILES string of the molecule is C=CCN(CCO)Cc1cccc(OC(F)(F)F)c1. The molecule has 0 heterocycles. The van der Waals surface area contributed by atoms with E-state index in [1.165, 1.54) is 18.2 Å². The number of hydrogen-bond donors (Lipinski definition) is 1. The van der Waals surface area contributed by atoms with E-state index in [1.807, 2.05) is 4.90 Å². The lowest BCUT2D eigenvalue weighted by atomic mass is 10.2. The van der Waals surface area contributed by atoms with Crippen LogP contribution < -0.4 is 4.74 Å². The molecule has 1 aromatic rings. The number of benzene rings is 1. The summed E-state index contributed by atoms with van der Waals surface area (Å²) in [6.07, 6.45) is -3.02. The van der Waals surface area contributed by atoms with Crippen LogP contribution in [0.3, 0.4) is 0 Å². The number of nitrogens with zero attached hydrogens (tertiary/aromatic N) is 1. The Morgan fingerprint density at radius 2 is 2.11 bits per heavy atom. The van der Waals surface area contributed by atoms with Gasteiger partial charge in [0.15, 0.2) is 0 Å². The Morgan fingerprint density at radius 3 is 2.68 bits per heavy atom. The number of alkyl halides is 3. The minimum atomic E-state index is -4.69. The maximum Gasteiger partial charge on any atom is 0.573 e. The average molecular weight is 275 g/mol. The molecular weight excluding hydrogens is 259 g/mol. The molecule has 0 saturated heterocycles. The standard InChI is InChI=1S/C13H16F3NO2/c1-2-6-17(7-8-18)10-11-4-3-5-12(9-11)19-13(14,15)16/h2-5,9,18H,1,6-8,10H2. The fourth-order valence-corrected chi connectivity index (χ4v) is 1.66. The van der Waals surface area contributed by atoms with Gasteiger partial charge in [-0.1, -0.05) is 18.2 Å². The summed E-state index contributed by atoms with van der Waals surface area (Å²) in [5, 5.41) is 8.90. The van der Waals surface area contributed by atoms with Crippen LogP contribution >= 0.6 is 0 Å². The lowest BCUT2D eigenvalue weighted by Gasteiger charge is -2.19. The Kier molecular flexibility index (Phi) is 5.85. The molecule has 0 fully saturated rings. The van der Waals surface area contributed by atoms with E-state index in [-0.39, 0.29) is 12.4 Å². The summed E-state index contributed by atoms with van der Waals surface area (Å²) in [4.78, 5) is 1.86. The summed E-state index contributed by atoms with van der Waals surface area (Å²) in [5.74, 6) is -0.243. The Labute approximate surface area is 109 Å². The first kappa shape index (κ1) is 15.5. The molecule has 1 aromatic carbocycles. The molecule has 106 valence electrons. The van der Waals surface area contributed by atoms with Gasteiger partial charge in [0.25, 0.3) is 0 Å². The molecular formula is C13H16F3NO2. The molecule has 0 spiro atoms. The van der Waals surface area contributed by atoms with Gasteiger partial charge in [0, 0.05) is 19.6 Å². The predicted octanol–water partition coefficient (Wildman–Crippen LogP) is 2.57. The number of aliphatic hydroxyl groups excluding tert-OH is 1. The molecule has 1 rings (SSSR count). The normalized spacial score (nSPS) is 11.6. The minimum Gasteiger partial charge on any atom is -0.406 e. The van der Waals surface area contributed by atoms with Gasteiger partial charge >= 0.3 is 6.36 Å². The van der Waals surface area contributed by atoms with Gasteiger partial charge in [0.05, 0.1) is 6.61 Å². The maximum absolute atomic E-state index is 12.1. The van der Waals surface area contributed by atoms with Gasteiger partial charge in [-0.3, -0.25) is 4.90 Å². The van der Waals surface area contributed by atoms with E-state index in [0.29, 0.717) is 25.2 Å². The highest BCUT2D eigenvalue weighted by Crippen LogP contribution is 2.23. The molecule has 0 aliphatic rings. The zero-order valence-corrected chi connectivity index (χ0v) is 10.4. The third-order valence-electron chi connectivity index (χ3n) is 2.34. The summed E-state index contributed by atoms with van der Waals surface area (Å²) in [7, 11) is 0. The van der Waals surface area contributed by atoms with E-state index in [9.17, 15) is 13.2 Å². The monoisotopic (exact) mass is 275 g/mol. The van der Waals surface area contributed by atoms with E-state index in [2.05, 4.69) is 11.3 Å². The minimum absolute atomic E-state index is 0.0212. The van der Waals surface area contributed by atoms with Crippen molar-refractivity contribution in [1.82, 2.24) is 4.90 Å². The largest absolute Gasteiger partial charge is 0.573 e. The first-order valence-electron chi connectivity index (χ1n) is 5.73. The van der Waals surface area contributed by atoms with Crippen molar-refractivity contribution in [3.8, 4) is 5.75 Å². The number of halogens is 3. The van der Waals surface area contributed by atoms with Crippen LogP contribution in [0.2, 0.25) is 0 Å². The molecule has 0 aromatic heterocycles. The van der Waals surface area contributed by atoms with E-state index < -0.39 is 6.36 Å². The first-order valence-corrected chi connectivity index (χ1v) is 5.73. The lowest BCUT2D eigenvalue weighted by molar-refractivity contribution is -0.274. The van der Waals surface area contributed by atoms with Crippen molar-refractivity contribution >= 4 is 0 Å². The molecule has 0 bridgehead atoms. The van der Waals surface area contributed by atoms with Crippen LogP contribution in [-0.4, -0.2) is 36.1 Å². The molecule has 0 saturated carbocycles. The van der Waals surface area contributed by atoms with E-state index in [4.69, 9.17) is 5.11 Å². The summed E-state index contributed by atoms with van der Waals surface area (Å²) in [5.41, 5.74) is 0.678. The van der Waals surface area contributed by atoms with E-state index in [1.54, 1.807) is 12.1 Å². The van der Waals surface area contributed by atoms with Crippen LogP contribution in [0.1, 0.15) is 5.56 Å². The second-order valence-electron chi connectivity index (χ2n) is 3.94. The average Bonchev–Trinajstić information content (AvgIpc) is 2.27. The molecule has 0 unspecified atom stereocenters. The molecule has 0 amide bonds. The highest BCUT2D eigenvalue weighted by Gasteiger charge is 2.31. The fourth-order valence-electron chi connectivity index (χ4n) is 1.66. The zero-order valence-electron chi connectivity index (χ0n) is 10.4. The van der Waals surface area contributed by atoms with Gasteiger partial charge in [0.1, 0.15) is 5.75 Å². The van der Waals surface area contributed by atoms with Gasteiger partial charge in [-0.2, -0.15) is 0 Å². The van der Waals surface area contributed by atoms with Gasteiger partial charge in [-0.15, -0.1) is 19.8 Å². The van der Waals surface area contributed by atoms with Crippen molar-refractivity contribution in [2.24, 2.45) is 0 Å². The number of rotatable bonds is 7. The predicted molar refractivity (Wildman–Crippen MR) is 65.7 cm³/mol. The lowest BCUT2D eigenvalue weighted by Crippen LogP contribution is -2.26. The van der Waals surface area contributed by atoms with Gasteiger partial charge < -0.3 is 9.84 Å². The summed E-state index contributed by atoms with van der Waals surface area (Å²) in [6, 6.07) is 5.79. The quantitative estimate of drug-likeness (QED) is 0.776. The molecule has 1 N–H and O–H groups in total. The third kappa shape index (κ3) is 6.26. The van der Waals surface area contributed by atoms with Gasteiger partial charge in [-0.05, 0) is 17.7 Å². The number of hydrogen-bond acceptors (Lipinski definition) is 3. The van der Waals surface area contributed by atoms with Crippen LogP contribution in [0.5, 0.6) is 5.75 Å². The Bertz CT molecular complexity index is 407. The fraction of sp³-hybridized carbons (Fsp3) is 0.385. The summed E-state index contributed by atoms with van der Waals surface area (Å²) >= 11 is 0.